The molecule has 0 aliphatic carbocycles. The number of rotatable bonds is 4. The third kappa shape index (κ3) is 3.41. The summed E-state index contributed by atoms with van der Waals surface area (Å²) in [7, 11) is 1.84. The molecule has 0 radical (unpaired) electrons. The predicted molar refractivity (Wildman–Crippen MR) is 78.6 cm³/mol. The van der Waals surface area contributed by atoms with Gasteiger partial charge in [-0.2, -0.15) is 0 Å². The van der Waals surface area contributed by atoms with Crippen molar-refractivity contribution in [3.05, 3.63) is 55.7 Å². The molecule has 0 bridgehead atoms. The highest BCUT2D eigenvalue weighted by molar-refractivity contribution is 9.11. The van der Waals surface area contributed by atoms with Crippen LogP contribution in [0.3, 0.4) is 0 Å². The molecule has 0 fully saturated rings. The van der Waals surface area contributed by atoms with E-state index in [-0.39, 0.29) is 6.04 Å². The monoisotopic (exact) mass is 345 g/mol. The molecule has 0 saturated heterocycles. The summed E-state index contributed by atoms with van der Waals surface area (Å²) in [6, 6.07) is 5.79. The quantitative estimate of drug-likeness (QED) is 0.853. The number of nitrogens with one attached hydrogen (secondary N) is 1. The molecule has 19 heavy (non-hydrogen) atoms. The van der Waals surface area contributed by atoms with Gasteiger partial charge in [-0.15, -0.1) is 11.3 Å². The molecule has 5 heteroatoms. The van der Waals surface area contributed by atoms with Gasteiger partial charge in [-0.3, -0.25) is 0 Å². The fourth-order valence-electron chi connectivity index (χ4n) is 2.08. The van der Waals surface area contributed by atoms with Gasteiger partial charge in [-0.1, -0.05) is 6.07 Å². The third-order valence-electron chi connectivity index (χ3n) is 3.09. The van der Waals surface area contributed by atoms with Crippen LogP contribution in [0.5, 0.6) is 0 Å². The minimum absolute atomic E-state index is 0.0162. The second kappa shape index (κ2) is 6.11. The second-order valence-electron chi connectivity index (χ2n) is 4.34. The minimum Gasteiger partial charge on any atom is -0.313 e. The zero-order valence-electron chi connectivity index (χ0n) is 10.6. The van der Waals surface area contributed by atoms with Crippen LogP contribution in [0.15, 0.2) is 28.1 Å². The van der Waals surface area contributed by atoms with E-state index in [4.69, 9.17) is 0 Å². The van der Waals surface area contributed by atoms with E-state index in [9.17, 15) is 8.78 Å². The van der Waals surface area contributed by atoms with Gasteiger partial charge in [0.1, 0.15) is 11.6 Å². The number of benzene rings is 1. The molecule has 1 N–H and O–H groups in total. The topological polar surface area (TPSA) is 12.0 Å². The van der Waals surface area contributed by atoms with Crippen LogP contribution in [0.25, 0.3) is 0 Å². The van der Waals surface area contributed by atoms with Crippen LogP contribution in [0, 0.1) is 18.6 Å². The first kappa shape index (κ1) is 14.6. The number of likely N-dealkylation sites (N-methyl/N-ethyl adjacent to an activating group) is 1. The SMILES string of the molecule is CNC(Cc1ccc(F)cc1F)c1cc(Br)sc1C. The van der Waals surface area contributed by atoms with Gasteiger partial charge in [0, 0.05) is 17.0 Å². The molecule has 1 heterocycles. The number of hydrogen-bond acceptors (Lipinski definition) is 2. The van der Waals surface area contributed by atoms with Crippen molar-refractivity contribution in [2.24, 2.45) is 0 Å². The van der Waals surface area contributed by atoms with Crippen molar-refractivity contribution in [3.8, 4) is 0 Å². The van der Waals surface area contributed by atoms with Crippen molar-refractivity contribution in [1.29, 1.82) is 0 Å². The lowest BCUT2D eigenvalue weighted by molar-refractivity contribution is 0.540. The highest BCUT2D eigenvalue weighted by atomic mass is 79.9. The van der Waals surface area contributed by atoms with Crippen molar-refractivity contribution in [1.82, 2.24) is 5.32 Å². The van der Waals surface area contributed by atoms with E-state index < -0.39 is 11.6 Å². The van der Waals surface area contributed by atoms with Gasteiger partial charge in [-0.05, 0) is 59.6 Å². The molecule has 0 amide bonds. The molecule has 1 unspecified atom stereocenters. The molecule has 1 nitrogen and oxygen atoms in total. The maximum atomic E-state index is 13.7. The number of hydrogen-bond donors (Lipinski definition) is 1. The predicted octanol–water partition coefficient (Wildman–Crippen LogP) is 4.60. The van der Waals surface area contributed by atoms with Gasteiger partial charge in [-0.25, -0.2) is 8.78 Å². The van der Waals surface area contributed by atoms with E-state index in [2.05, 4.69) is 21.2 Å². The Kier molecular flexibility index (Phi) is 4.71. The maximum Gasteiger partial charge on any atom is 0.129 e. The van der Waals surface area contributed by atoms with Gasteiger partial charge in [0.05, 0.1) is 3.79 Å². The lowest BCUT2D eigenvalue weighted by atomic mass is 9.99. The van der Waals surface area contributed by atoms with Gasteiger partial charge >= 0.3 is 0 Å². The molecule has 2 aromatic rings. The van der Waals surface area contributed by atoms with Gasteiger partial charge in [0.25, 0.3) is 0 Å². The Morgan fingerprint density at radius 3 is 2.58 bits per heavy atom. The Balaban J connectivity index is 2.26. The van der Waals surface area contributed by atoms with Crippen LogP contribution < -0.4 is 5.32 Å². The van der Waals surface area contributed by atoms with E-state index in [0.29, 0.717) is 12.0 Å². The molecule has 0 saturated carbocycles. The summed E-state index contributed by atoms with van der Waals surface area (Å²) >= 11 is 5.11. The summed E-state index contributed by atoms with van der Waals surface area (Å²) in [5, 5.41) is 3.19. The smallest absolute Gasteiger partial charge is 0.129 e. The van der Waals surface area contributed by atoms with Gasteiger partial charge in [0.2, 0.25) is 0 Å². The van der Waals surface area contributed by atoms with Crippen molar-refractivity contribution >= 4 is 27.3 Å². The second-order valence-corrected chi connectivity index (χ2v) is 6.98. The van der Waals surface area contributed by atoms with Gasteiger partial charge < -0.3 is 5.32 Å². The Morgan fingerprint density at radius 1 is 1.32 bits per heavy atom. The first-order chi connectivity index (χ1) is 9.01. The molecular formula is C14H14BrF2NS. The number of halogens is 3. The summed E-state index contributed by atoms with van der Waals surface area (Å²) < 4.78 is 27.6. The van der Waals surface area contributed by atoms with Crippen LogP contribution in [0.2, 0.25) is 0 Å². The summed E-state index contributed by atoms with van der Waals surface area (Å²) in [6.45, 7) is 2.04. The molecule has 102 valence electrons. The molecular weight excluding hydrogens is 332 g/mol. The zero-order valence-corrected chi connectivity index (χ0v) is 13.0. The Hall–Kier alpha value is -0.780. The van der Waals surface area contributed by atoms with E-state index in [1.165, 1.54) is 17.0 Å². The van der Waals surface area contributed by atoms with Gasteiger partial charge in [0.15, 0.2) is 0 Å². The molecule has 1 aromatic carbocycles. The molecule has 0 spiro atoms. The molecule has 1 atom stereocenters. The fraction of sp³-hybridized carbons (Fsp3) is 0.286. The highest BCUT2D eigenvalue weighted by Crippen LogP contribution is 2.32. The largest absolute Gasteiger partial charge is 0.313 e. The zero-order chi connectivity index (χ0) is 14.0. The first-order valence-electron chi connectivity index (χ1n) is 5.88. The normalized spacial score (nSPS) is 12.7. The molecule has 0 aliphatic heterocycles. The van der Waals surface area contributed by atoms with Crippen LogP contribution >= 0.6 is 27.3 Å². The average Bonchev–Trinajstić information content (AvgIpc) is 2.68. The summed E-state index contributed by atoms with van der Waals surface area (Å²) in [6.07, 6.45) is 0.493. The van der Waals surface area contributed by atoms with Crippen molar-refractivity contribution in [2.75, 3.05) is 7.05 Å². The van der Waals surface area contributed by atoms with Crippen molar-refractivity contribution < 1.29 is 8.78 Å². The Labute approximate surface area is 123 Å². The van der Waals surface area contributed by atoms with Crippen LogP contribution in [0.4, 0.5) is 8.78 Å². The van der Waals surface area contributed by atoms with Crippen LogP contribution in [-0.4, -0.2) is 7.05 Å². The van der Waals surface area contributed by atoms with E-state index in [1.807, 2.05) is 20.0 Å². The van der Waals surface area contributed by atoms with Crippen LogP contribution in [-0.2, 0) is 6.42 Å². The third-order valence-corrected chi connectivity index (χ3v) is 4.66. The van der Waals surface area contributed by atoms with E-state index in [1.54, 1.807) is 11.3 Å². The van der Waals surface area contributed by atoms with Crippen molar-refractivity contribution in [3.63, 3.8) is 0 Å². The lowest BCUT2D eigenvalue weighted by Gasteiger charge is -2.16. The average molecular weight is 346 g/mol. The molecule has 0 aliphatic rings. The fourth-order valence-corrected chi connectivity index (χ4v) is 3.85. The van der Waals surface area contributed by atoms with Crippen LogP contribution in [0.1, 0.15) is 22.0 Å². The molecule has 2 rings (SSSR count). The lowest BCUT2D eigenvalue weighted by Crippen LogP contribution is -2.19. The Bertz CT molecular complexity index is 583. The Morgan fingerprint density at radius 2 is 2.05 bits per heavy atom. The first-order valence-corrected chi connectivity index (χ1v) is 7.49. The molecule has 1 aromatic heterocycles. The van der Waals surface area contributed by atoms with E-state index in [0.717, 1.165) is 15.4 Å². The summed E-state index contributed by atoms with van der Waals surface area (Å²) in [5.74, 6) is -1.04. The van der Waals surface area contributed by atoms with Crippen molar-refractivity contribution in [2.45, 2.75) is 19.4 Å². The summed E-state index contributed by atoms with van der Waals surface area (Å²) in [4.78, 5) is 1.19. The van der Waals surface area contributed by atoms with E-state index >= 15 is 0 Å². The summed E-state index contributed by atoms with van der Waals surface area (Å²) in [5.41, 5.74) is 1.66. The minimum atomic E-state index is -0.545. The maximum absolute atomic E-state index is 13.7. The highest BCUT2D eigenvalue weighted by Gasteiger charge is 2.17. The number of thiophene rings is 1. The number of aryl methyl sites for hydroxylation is 1. The standard InChI is InChI=1S/C14H14BrF2NS/c1-8-11(7-14(15)19-8)13(18-2)5-9-3-4-10(16)6-12(9)17/h3-4,6-7,13,18H,5H2,1-2H3.